The Hall–Kier alpha value is -2.96. The fourth-order valence-electron chi connectivity index (χ4n) is 4.42. The topological polar surface area (TPSA) is 70.2 Å². The third kappa shape index (κ3) is 4.76. The van der Waals surface area contributed by atoms with Crippen LogP contribution in [0.25, 0.3) is 11.3 Å². The van der Waals surface area contributed by atoms with E-state index in [0.717, 1.165) is 28.9 Å². The number of fused-ring (bicyclic) bond motifs is 3. The van der Waals surface area contributed by atoms with E-state index in [9.17, 15) is 4.79 Å². The lowest BCUT2D eigenvalue weighted by Gasteiger charge is -2.14. The van der Waals surface area contributed by atoms with E-state index in [1.165, 1.54) is 44.5 Å². The molecule has 1 amide bonds. The van der Waals surface area contributed by atoms with Crippen LogP contribution in [-0.4, -0.2) is 40.4 Å². The molecule has 0 radical (unpaired) electrons. The van der Waals surface area contributed by atoms with E-state index in [1.807, 2.05) is 6.07 Å². The summed E-state index contributed by atoms with van der Waals surface area (Å²) in [5.74, 6) is 0.401. The van der Waals surface area contributed by atoms with Gasteiger partial charge >= 0.3 is 0 Å². The average molecular weight is 448 g/mol. The Balaban J connectivity index is 1.29. The van der Waals surface area contributed by atoms with Gasteiger partial charge in [-0.05, 0) is 81.2 Å². The number of anilines is 3. The van der Waals surface area contributed by atoms with Crippen LogP contribution in [0.3, 0.4) is 0 Å². The fourth-order valence-corrected chi connectivity index (χ4v) is 4.59. The van der Waals surface area contributed by atoms with Crippen LogP contribution in [0.2, 0.25) is 5.02 Å². The van der Waals surface area contributed by atoms with Crippen LogP contribution in [-0.2, 0) is 17.6 Å². The van der Waals surface area contributed by atoms with E-state index >= 15 is 0 Å². The maximum Gasteiger partial charge on any atom is 0.228 e. The zero-order valence-electron chi connectivity index (χ0n) is 17.9. The van der Waals surface area contributed by atoms with Crippen molar-refractivity contribution in [2.24, 2.45) is 0 Å². The molecule has 0 saturated carbocycles. The first-order valence-electron chi connectivity index (χ1n) is 11.2. The number of amides is 1. The van der Waals surface area contributed by atoms with E-state index < -0.39 is 0 Å². The summed E-state index contributed by atoms with van der Waals surface area (Å²) in [7, 11) is 0. The molecule has 0 atom stereocenters. The highest BCUT2D eigenvalue weighted by atomic mass is 35.5. The molecule has 1 saturated heterocycles. The van der Waals surface area contributed by atoms with Gasteiger partial charge in [0.1, 0.15) is 0 Å². The quantitative estimate of drug-likeness (QED) is 0.552. The molecule has 0 bridgehead atoms. The molecule has 5 rings (SSSR count). The molecule has 1 fully saturated rings. The van der Waals surface area contributed by atoms with Crippen molar-refractivity contribution in [3.8, 4) is 11.3 Å². The average Bonchev–Trinajstić information content (AvgIpc) is 3.25. The Morgan fingerprint density at radius 3 is 2.72 bits per heavy atom. The van der Waals surface area contributed by atoms with Crippen LogP contribution >= 0.6 is 11.6 Å². The Bertz CT molecular complexity index is 1130. The smallest absolute Gasteiger partial charge is 0.228 e. The number of hydrogen-bond donors (Lipinski definition) is 2. The van der Waals surface area contributed by atoms with Gasteiger partial charge in [-0.15, -0.1) is 0 Å². The van der Waals surface area contributed by atoms with Gasteiger partial charge in [-0.25, -0.2) is 9.97 Å². The molecule has 0 spiro atoms. The molecule has 164 valence electrons. The fraction of sp³-hybridized carbons (Fsp3) is 0.320. The van der Waals surface area contributed by atoms with Crippen LogP contribution < -0.4 is 10.6 Å². The first kappa shape index (κ1) is 20.9. The molecule has 2 aliphatic heterocycles. The van der Waals surface area contributed by atoms with Crippen LogP contribution in [0.5, 0.6) is 0 Å². The highest BCUT2D eigenvalue weighted by Gasteiger charge is 2.21. The van der Waals surface area contributed by atoms with E-state index in [-0.39, 0.29) is 12.3 Å². The second-order valence-electron chi connectivity index (χ2n) is 8.46. The summed E-state index contributed by atoms with van der Waals surface area (Å²) >= 11 is 6.12. The number of carbonyl (C=O) groups excluding carboxylic acids is 1. The Kier molecular flexibility index (Phi) is 6.06. The van der Waals surface area contributed by atoms with Crippen molar-refractivity contribution in [1.29, 1.82) is 0 Å². The molecule has 6 nitrogen and oxygen atoms in total. The van der Waals surface area contributed by atoms with E-state index in [4.69, 9.17) is 16.6 Å². The van der Waals surface area contributed by atoms with E-state index in [0.29, 0.717) is 16.7 Å². The molecule has 1 aromatic heterocycles. The molecule has 2 N–H and O–H groups in total. The summed E-state index contributed by atoms with van der Waals surface area (Å²) in [6.07, 6.45) is 6.92. The number of hydrogen-bond acceptors (Lipinski definition) is 5. The van der Waals surface area contributed by atoms with E-state index in [2.05, 4.69) is 44.8 Å². The predicted molar refractivity (Wildman–Crippen MR) is 129 cm³/mol. The minimum absolute atomic E-state index is 0.100. The lowest BCUT2D eigenvalue weighted by Crippen LogP contribution is -2.20. The summed E-state index contributed by atoms with van der Waals surface area (Å²) in [6, 6.07) is 13.9. The minimum atomic E-state index is -0.100. The third-order valence-electron chi connectivity index (χ3n) is 6.07. The van der Waals surface area contributed by atoms with Crippen LogP contribution in [0, 0.1) is 0 Å². The zero-order chi connectivity index (χ0) is 21.9. The van der Waals surface area contributed by atoms with Crippen LogP contribution in [0.4, 0.5) is 17.3 Å². The SMILES string of the molecule is O=C1Cc2cnc(Nc3ccc(CCCN4CCCC4)cc3)nc2-c2ccc(Cl)cc2N1. The van der Waals surface area contributed by atoms with Gasteiger partial charge in [-0.2, -0.15) is 0 Å². The second kappa shape index (κ2) is 9.27. The molecular weight excluding hydrogens is 422 g/mol. The van der Waals surface area contributed by atoms with Gasteiger partial charge in [-0.1, -0.05) is 23.7 Å². The number of halogens is 1. The number of aryl methyl sites for hydroxylation is 1. The monoisotopic (exact) mass is 447 g/mol. The molecular formula is C25H26ClN5O. The molecule has 0 aliphatic carbocycles. The number of nitrogens with one attached hydrogen (secondary N) is 2. The highest BCUT2D eigenvalue weighted by Crippen LogP contribution is 2.34. The first-order chi connectivity index (χ1) is 15.6. The summed E-state index contributed by atoms with van der Waals surface area (Å²) in [5.41, 5.74) is 5.33. The zero-order valence-corrected chi connectivity index (χ0v) is 18.7. The highest BCUT2D eigenvalue weighted by molar-refractivity contribution is 6.31. The van der Waals surface area contributed by atoms with Crippen molar-refractivity contribution in [1.82, 2.24) is 14.9 Å². The van der Waals surface area contributed by atoms with Gasteiger partial charge in [0.05, 0.1) is 17.8 Å². The Morgan fingerprint density at radius 2 is 1.91 bits per heavy atom. The second-order valence-corrected chi connectivity index (χ2v) is 8.89. The van der Waals surface area contributed by atoms with Gasteiger partial charge < -0.3 is 15.5 Å². The number of nitrogens with zero attached hydrogens (tertiary/aromatic N) is 3. The normalized spacial score (nSPS) is 15.6. The number of rotatable bonds is 6. The first-order valence-corrected chi connectivity index (χ1v) is 11.6. The summed E-state index contributed by atoms with van der Waals surface area (Å²) in [6.45, 7) is 3.70. The maximum absolute atomic E-state index is 12.2. The van der Waals surface area contributed by atoms with Crippen molar-refractivity contribution < 1.29 is 4.79 Å². The molecule has 3 aromatic rings. The summed E-state index contributed by atoms with van der Waals surface area (Å²) in [5, 5.41) is 6.77. The number of carbonyl (C=O) groups is 1. The van der Waals surface area contributed by atoms with Crippen LogP contribution in [0.15, 0.2) is 48.7 Å². The molecule has 3 heterocycles. The van der Waals surface area contributed by atoms with Crippen molar-refractivity contribution in [3.05, 3.63) is 64.8 Å². The van der Waals surface area contributed by atoms with Crippen molar-refractivity contribution in [2.45, 2.75) is 32.1 Å². The van der Waals surface area contributed by atoms with Crippen molar-refractivity contribution in [3.63, 3.8) is 0 Å². The number of likely N-dealkylation sites (tertiary alicyclic amines) is 1. The van der Waals surface area contributed by atoms with Crippen LogP contribution in [0.1, 0.15) is 30.4 Å². The maximum atomic E-state index is 12.2. The standard InChI is InChI=1S/C25H26ClN5O/c26-19-7-10-21-22(15-19)29-23(32)14-18-16-27-25(30-24(18)21)28-20-8-5-17(6-9-20)4-3-13-31-11-1-2-12-31/h5-10,15-16H,1-4,11-14H2,(H,29,32)(H,27,28,30). The predicted octanol–water partition coefficient (Wildman–Crippen LogP) is 5.06. The van der Waals surface area contributed by atoms with Gasteiger partial charge in [0.2, 0.25) is 11.9 Å². The minimum Gasteiger partial charge on any atom is -0.325 e. The summed E-state index contributed by atoms with van der Waals surface area (Å²) < 4.78 is 0. The molecule has 7 heteroatoms. The lowest BCUT2D eigenvalue weighted by atomic mass is 10.1. The van der Waals surface area contributed by atoms with E-state index in [1.54, 1.807) is 18.3 Å². The lowest BCUT2D eigenvalue weighted by molar-refractivity contribution is -0.115. The van der Waals surface area contributed by atoms with Gasteiger partial charge in [0.15, 0.2) is 0 Å². The third-order valence-corrected chi connectivity index (χ3v) is 6.31. The Labute approximate surface area is 193 Å². The van der Waals surface area contributed by atoms with Gasteiger partial charge in [0.25, 0.3) is 0 Å². The van der Waals surface area contributed by atoms with Crippen molar-refractivity contribution in [2.75, 3.05) is 30.3 Å². The summed E-state index contributed by atoms with van der Waals surface area (Å²) in [4.78, 5) is 24.0. The molecule has 0 unspecified atom stereocenters. The Morgan fingerprint density at radius 1 is 1.09 bits per heavy atom. The van der Waals surface area contributed by atoms with Gasteiger partial charge in [-0.3, -0.25) is 4.79 Å². The molecule has 2 aromatic carbocycles. The number of aromatic nitrogens is 2. The molecule has 32 heavy (non-hydrogen) atoms. The van der Waals surface area contributed by atoms with Gasteiger partial charge in [0, 0.05) is 28.0 Å². The largest absolute Gasteiger partial charge is 0.325 e. The number of benzene rings is 2. The molecule has 2 aliphatic rings. The van der Waals surface area contributed by atoms with Crippen molar-refractivity contribution >= 4 is 34.8 Å².